The molecule has 2 aromatic rings. The molecule has 20 heavy (non-hydrogen) atoms. The van der Waals surface area contributed by atoms with E-state index in [2.05, 4.69) is 36.0 Å². The Labute approximate surface area is 130 Å². The average Bonchev–Trinajstić information content (AvgIpc) is 2.83. The molecule has 1 unspecified atom stereocenters. The first-order valence-electron chi connectivity index (χ1n) is 6.14. The number of nitrogens with zero attached hydrogens (tertiary/aromatic N) is 2. The highest BCUT2D eigenvalue weighted by Gasteiger charge is 2.13. The molecule has 0 aliphatic rings. The minimum absolute atomic E-state index is 0. The second-order valence-electron chi connectivity index (χ2n) is 4.53. The van der Waals surface area contributed by atoms with Gasteiger partial charge in [0.2, 0.25) is 0 Å². The van der Waals surface area contributed by atoms with Gasteiger partial charge in [0, 0.05) is 23.7 Å². The first-order valence-corrected chi connectivity index (χ1v) is 6.96. The average molecular weight is 314 g/mol. The molecule has 6 heteroatoms. The van der Waals surface area contributed by atoms with Gasteiger partial charge in [0.25, 0.3) is 0 Å². The first-order chi connectivity index (χ1) is 9.10. The molecule has 0 saturated heterocycles. The molecule has 0 spiro atoms. The number of hydrogen-bond donors (Lipinski definition) is 1. The number of rotatable bonds is 5. The Kier molecular flexibility index (Phi) is 6.26. The number of nitrogen functional groups attached to an aromatic ring is 1. The van der Waals surface area contributed by atoms with Gasteiger partial charge < -0.3 is 10.5 Å². The summed E-state index contributed by atoms with van der Waals surface area (Å²) in [6, 6.07) is 8.51. The van der Waals surface area contributed by atoms with Crippen LogP contribution in [0.1, 0.15) is 23.4 Å². The standard InChI is InChI=1S/C14H19N3OS.ClH/c1-10(11-4-6-12(18-3)7-5-11)17(2)9-13-8-16-14(15)19-13;/h4-8,10H,9H2,1-3H3,(H2,15,16);1H. The van der Waals surface area contributed by atoms with E-state index in [1.807, 2.05) is 18.3 Å². The number of methoxy groups -OCH3 is 1. The molecule has 1 heterocycles. The molecule has 0 amide bonds. The van der Waals surface area contributed by atoms with Crippen LogP contribution in [0.15, 0.2) is 30.5 Å². The van der Waals surface area contributed by atoms with E-state index in [-0.39, 0.29) is 12.4 Å². The lowest BCUT2D eigenvalue weighted by molar-refractivity contribution is 0.255. The normalized spacial score (nSPS) is 12.0. The Bertz CT molecular complexity index is 529. The summed E-state index contributed by atoms with van der Waals surface area (Å²) in [6.07, 6.45) is 1.84. The monoisotopic (exact) mass is 313 g/mol. The van der Waals surface area contributed by atoms with Gasteiger partial charge in [-0.3, -0.25) is 4.90 Å². The van der Waals surface area contributed by atoms with E-state index in [0.29, 0.717) is 11.2 Å². The Morgan fingerprint density at radius 3 is 2.50 bits per heavy atom. The lowest BCUT2D eigenvalue weighted by Gasteiger charge is -2.24. The third-order valence-electron chi connectivity index (χ3n) is 3.24. The van der Waals surface area contributed by atoms with Crippen LogP contribution < -0.4 is 10.5 Å². The molecule has 2 rings (SSSR count). The van der Waals surface area contributed by atoms with Crippen molar-refractivity contribution in [3.8, 4) is 5.75 Å². The molecular formula is C14H20ClN3OS. The van der Waals surface area contributed by atoms with Gasteiger partial charge in [-0.2, -0.15) is 0 Å². The highest BCUT2D eigenvalue weighted by atomic mass is 35.5. The molecule has 110 valence electrons. The summed E-state index contributed by atoms with van der Waals surface area (Å²) >= 11 is 1.54. The summed E-state index contributed by atoms with van der Waals surface area (Å²) in [7, 11) is 3.78. The van der Waals surface area contributed by atoms with Crippen molar-refractivity contribution in [1.82, 2.24) is 9.88 Å². The summed E-state index contributed by atoms with van der Waals surface area (Å²) in [5, 5.41) is 0.625. The molecule has 0 bridgehead atoms. The molecule has 0 aliphatic heterocycles. The van der Waals surface area contributed by atoms with Crippen molar-refractivity contribution < 1.29 is 4.74 Å². The summed E-state index contributed by atoms with van der Waals surface area (Å²) < 4.78 is 5.17. The van der Waals surface area contributed by atoms with Gasteiger partial charge in [-0.1, -0.05) is 12.1 Å². The Hall–Kier alpha value is -1.30. The predicted molar refractivity (Wildman–Crippen MR) is 86.7 cm³/mol. The summed E-state index contributed by atoms with van der Waals surface area (Å²) in [4.78, 5) is 7.53. The van der Waals surface area contributed by atoms with Crippen molar-refractivity contribution in [1.29, 1.82) is 0 Å². The van der Waals surface area contributed by atoms with Crippen molar-refractivity contribution in [2.45, 2.75) is 19.5 Å². The summed E-state index contributed by atoms with van der Waals surface area (Å²) in [5.41, 5.74) is 6.91. The largest absolute Gasteiger partial charge is 0.497 e. The third-order valence-corrected chi connectivity index (χ3v) is 4.05. The minimum Gasteiger partial charge on any atom is -0.497 e. The Balaban J connectivity index is 0.00000200. The molecule has 0 saturated carbocycles. The van der Waals surface area contributed by atoms with Crippen LogP contribution in [0.4, 0.5) is 5.13 Å². The van der Waals surface area contributed by atoms with Crippen molar-refractivity contribution in [3.63, 3.8) is 0 Å². The van der Waals surface area contributed by atoms with Gasteiger partial charge in [-0.25, -0.2) is 4.98 Å². The molecule has 1 atom stereocenters. The zero-order valence-electron chi connectivity index (χ0n) is 11.9. The van der Waals surface area contributed by atoms with Gasteiger partial charge in [-0.05, 0) is 31.7 Å². The SMILES string of the molecule is COc1ccc(C(C)N(C)Cc2cnc(N)s2)cc1.Cl. The van der Waals surface area contributed by atoms with E-state index in [0.717, 1.165) is 12.3 Å². The second-order valence-corrected chi connectivity index (χ2v) is 5.68. The van der Waals surface area contributed by atoms with E-state index in [1.165, 1.54) is 21.8 Å². The molecule has 0 fully saturated rings. The number of hydrogen-bond acceptors (Lipinski definition) is 5. The number of thiazole rings is 1. The quantitative estimate of drug-likeness (QED) is 0.919. The maximum Gasteiger partial charge on any atom is 0.180 e. The van der Waals surface area contributed by atoms with Gasteiger partial charge >= 0.3 is 0 Å². The third kappa shape index (κ3) is 4.10. The molecule has 0 radical (unpaired) electrons. The van der Waals surface area contributed by atoms with Gasteiger partial charge in [0.05, 0.1) is 7.11 Å². The van der Waals surface area contributed by atoms with Crippen LogP contribution in [0.5, 0.6) is 5.75 Å². The van der Waals surface area contributed by atoms with Gasteiger partial charge in [-0.15, -0.1) is 23.7 Å². The number of nitrogens with two attached hydrogens (primary N) is 1. The van der Waals surface area contributed by atoms with E-state index in [4.69, 9.17) is 10.5 Å². The van der Waals surface area contributed by atoms with Crippen LogP contribution >= 0.6 is 23.7 Å². The fourth-order valence-electron chi connectivity index (χ4n) is 1.92. The van der Waals surface area contributed by atoms with Crippen molar-refractivity contribution in [2.24, 2.45) is 0 Å². The molecular weight excluding hydrogens is 294 g/mol. The van der Waals surface area contributed by atoms with Crippen LogP contribution in [0.25, 0.3) is 0 Å². The van der Waals surface area contributed by atoms with Crippen LogP contribution in [-0.4, -0.2) is 24.0 Å². The van der Waals surface area contributed by atoms with Crippen LogP contribution in [0.3, 0.4) is 0 Å². The minimum atomic E-state index is 0. The zero-order valence-corrected chi connectivity index (χ0v) is 13.5. The van der Waals surface area contributed by atoms with E-state index in [1.54, 1.807) is 7.11 Å². The number of ether oxygens (including phenoxy) is 1. The van der Waals surface area contributed by atoms with Gasteiger partial charge in [0.15, 0.2) is 5.13 Å². The smallest absolute Gasteiger partial charge is 0.180 e. The molecule has 2 N–H and O–H groups in total. The Morgan fingerprint density at radius 2 is 2.00 bits per heavy atom. The number of benzene rings is 1. The number of anilines is 1. The van der Waals surface area contributed by atoms with Crippen LogP contribution in [-0.2, 0) is 6.54 Å². The molecule has 0 aliphatic carbocycles. The summed E-state index contributed by atoms with van der Waals surface area (Å²) in [5.74, 6) is 0.883. The van der Waals surface area contributed by atoms with Crippen LogP contribution in [0, 0.1) is 0 Å². The van der Waals surface area contributed by atoms with Gasteiger partial charge in [0.1, 0.15) is 5.75 Å². The lowest BCUT2D eigenvalue weighted by atomic mass is 10.1. The van der Waals surface area contributed by atoms with Crippen molar-refractivity contribution in [2.75, 3.05) is 19.9 Å². The summed E-state index contributed by atoms with van der Waals surface area (Å²) in [6.45, 7) is 3.04. The number of aromatic nitrogens is 1. The topological polar surface area (TPSA) is 51.4 Å². The molecule has 1 aromatic carbocycles. The highest BCUT2D eigenvalue weighted by Crippen LogP contribution is 2.24. The Morgan fingerprint density at radius 1 is 1.35 bits per heavy atom. The highest BCUT2D eigenvalue weighted by molar-refractivity contribution is 7.15. The van der Waals surface area contributed by atoms with Crippen LogP contribution in [0.2, 0.25) is 0 Å². The maximum atomic E-state index is 5.65. The fourth-order valence-corrected chi connectivity index (χ4v) is 2.66. The first kappa shape index (κ1) is 16.8. The molecule has 1 aromatic heterocycles. The predicted octanol–water partition coefficient (Wildman–Crippen LogP) is 3.35. The maximum absolute atomic E-state index is 5.65. The number of halogens is 1. The molecule has 4 nitrogen and oxygen atoms in total. The fraction of sp³-hybridized carbons (Fsp3) is 0.357. The van der Waals surface area contributed by atoms with E-state index < -0.39 is 0 Å². The van der Waals surface area contributed by atoms with Crippen molar-refractivity contribution >= 4 is 28.9 Å². The zero-order chi connectivity index (χ0) is 13.8. The lowest BCUT2D eigenvalue weighted by Crippen LogP contribution is -2.21. The van der Waals surface area contributed by atoms with Crippen molar-refractivity contribution in [3.05, 3.63) is 40.9 Å². The van der Waals surface area contributed by atoms with E-state index >= 15 is 0 Å². The van der Waals surface area contributed by atoms with E-state index in [9.17, 15) is 0 Å². The second kappa shape index (κ2) is 7.47.